The number of benzene rings is 1. The normalized spacial score (nSPS) is 11.6. The summed E-state index contributed by atoms with van der Waals surface area (Å²) in [5.41, 5.74) is 1.20. The summed E-state index contributed by atoms with van der Waals surface area (Å²) in [6.07, 6.45) is 2.56. The predicted molar refractivity (Wildman–Crippen MR) is 145 cm³/mol. The third-order valence-electron chi connectivity index (χ3n) is 5.31. The molecule has 0 amide bonds. The number of carbonyl (C=O) groups is 1. The van der Waals surface area contributed by atoms with Gasteiger partial charge in [0.15, 0.2) is 23.1 Å². The number of hydrogen-bond donors (Lipinski definition) is 0. The molecule has 208 valence electrons. The highest BCUT2D eigenvalue weighted by Crippen LogP contribution is 2.44. The minimum absolute atomic E-state index is 0.0223. The number of esters is 1. The molecule has 0 spiro atoms. The summed E-state index contributed by atoms with van der Waals surface area (Å²) in [6, 6.07) is 13.0. The van der Waals surface area contributed by atoms with Crippen molar-refractivity contribution >= 4 is 28.9 Å². The van der Waals surface area contributed by atoms with E-state index in [1.165, 1.54) is 38.7 Å². The summed E-state index contributed by atoms with van der Waals surface area (Å²) in [6.45, 7) is 5.26. The maximum absolute atomic E-state index is 12.6. The van der Waals surface area contributed by atoms with Gasteiger partial charge in [0.25, 0.3) is 5.88 Å². The van der Waals surface area contributed by atoms with Crippen LogP contribution in [-0.4, -0.2) is 55.0 Å². The standard InChI is InChI=1S/C27H27N5O7S/c1-16(2)38-27(33)19-14-18(12-13-28-19)24-30-25(32(40(34)35)22-11-10-17(3)15-29-22)23(26(31-24)37-5)39-21-9-7-6-8-20(21)36-4/h6-16H,1-5H3,(H,34,35)/p-1. The number of ether oxygens (including phenoxy) is 4. The van der Waals surface area contributed by atoms with Crippen LogP contribution in [0.15, 0.2) is 60.9 Å². The molecule has 3 heterocycles. The van der Waals surface area contributed by atoms with E-state index in [1.54, 1.807) is 50.2 Å². The number of anilines is 2. The molecule has 13 heteroatoms. The lowest BCUT2D eigenvalue weighted by Crippen LogP contribution is -2.23. The highest BCUT2D eigenvalue weighted by atomic mass is 32.2. The molecule has 4 aromatic rings. The Hall–Kier alpha value is -4.62. The first kappa shape index (κ1) is 28.4. The van der Waals surface area contributed by atoms with Gasteiger partial charge in [-0.15, -0.1) is 0 Å². The number of aryl methyl sites for hydroxylation is 1. The predicted octanol–water partition coefficient (Wildman–Crippen LogP) is 4.55. The first-order valence-corrected chi connectivity index (χ1v) is 13.0. The molecule has 0 aliphatic carbocycles. The van der Waals surface area contributed by atoms with Crippen LogP contribution in [0.25, 0.3) is 11.4 Å². The summed E-state index contributed by atoms with van der Waals surface area (Å²) in [5.74, 6) is -0.309. The van der Waals surface area contributed by atoms with Crippen molar-refractivity contribution in [2.75, 3.05) is 18.5 Å². The fourth-order valence-corrected chi connectivity index (χ4v) is 4.04. The third-order valence-corrected chi connectivity index (χ3v) is 5.96. The SMILES string of the molecule is COc1ccccc1Oc1c(OC)nc(-c2ccnc(C(=O)OC(C)C)c2)nc1N(c1ccc(C)cn1)S(=O)[O-]. The lowest BCUT2D eigenvalue weighted by molar-refractivity contribution is 0.0371. The number of rotatable bonds is 10. The van der Waals surface area contributed by atoms with Gasteiger partial charge in [0.1, 0.15) is 11.5 Å². The molecule has 0 aliphatic rings. The first-order valence-electron chi connectivity index (χ1n) is 12.0. The van der Waals surface area contributed by atoms with Crippen LogP contribution in [0.3, 0.4) is 0 Å². The Morgan fingerprint density at radius 3 is 2.38 bits per heavy atom. The second-order valence-electron chi connectivity index (χ2n) is 8.55. The fraction of sp³-hybridized carbons (Fsp3) is 0.222. The number of carbonyl (C=O) groups excluding carboxylic acids is 1. The Morgan fingerprint density at radius 2 is 1.75 bits per heavy atom. The quantitative estimate of drug-likeness (QED) is 0.197. The van der Waals surface area contributed by atoms with E-state index in [1.807, 2.05) is 6.92 Å². The Bertz CT molecular complexity index is 1530. The molecule has 0 saturated heterocycles. The smallest absolute Gasteiger partial charge is 0.357 e. The van der Waals surface area contributed by atoms with E-state index in [9.17, 15) is 13.6 Å². The molecule has 4 rings (SSSR count). The zero-order chi connectivity index (χ0) is 28.8. The first-order chi connectivity index (χ1) is 19.2. The van der Waals surface area contributed by atoms with Crippen LogP contribution >= 0.6 is 0 Å². The van der Waals surface area contributed by atoms with Crippen molar-refractivity contribution in [1.82, 2.24) is 19.9 Å². The molecule has 0 aliphatic heterocycles. The van der Waals surface area contributed by atoms with Gasteiger partial charge in [-0.25, -0.2) is 24.1 Å². The van der Waals surface area contributed by atoms with E-state index in [0.717, 1.165) is 9.87 Å². The third kappa shape index (κ3) is 6.33. The van der Waals surface area contributed by atoms with E-state index < -0.39 is 17.2 Å². The van der Waals surface area contributed by atoms with Gasteiger partial charge in [-0.1, -0.05) is 18.2 Å². The van der Waals surface area contributed by atoms with Crippen LogP contribution in [0.2, 0.25) is 0 Å². The Morgan fingerprint density at radius 1 is 1.00 bits per heavy atom. The van der Waals surface area contributed by atoms with E-state index in [-0.39, 0.29) is 46.6 Å². The second kappa shape index (κ2) is 12.5. The van der Waals surface area contributed by atoms with E-state index in [0.29, 0.717) is 11.3 Å². The van der Waals surface area contributed by atoms with Crippen molar-refractivity contribution in [3.05, 3.63) is 72.2 Å². The van der Waals surface area contributed by atoms with Gasteiger partial charge >= 0.3 is 5.97 Å². The number of methoxy groups -OCH3 is 2. The largest absolute Gasteiger partial charge is 0.755 e. The maximum Gasteiger partial charge on any atom is 0.357 e. The highest BCUT2D eigenvalue weighted by Gasteiger charge is 2.27. The van der Waals surface area contributed by atoms with E-state index >= 15 is 0 Å². The summed E-state index contributed by atoms with van der Waals surface area (Å²) in [4.78, 5) is 29.8. The van der Waals surface area contributed by atoms with Crippen LogP contribution in [0.4, 0.5) is 11.6 Å². The summed E-state index contributed by atoms with van der Waals surface area (Å²) in [5, 5.41) is 0. The molecule has 0 saturated carbocycles. The van der Waals surface area contributed by atoms with Gasteiger partial charge in [-0.05, 0) is 56.7 Å². The molecule has 1 unspecified atom stereocenters. The van der Waals surface area contributed by atoms with E-state index in [2.05, 4.69) is 19.9 Å². The molecule has 1 atom stereocenters. The Kier molecular flexibility index (Phi) is 8.86. The monoisotopic (exact) mass is 564 g/mol. The van der Waals surface area contributed by atoms with Crippen LogP contribution in [-0.2, 0) is 16.0 Å². The lowest BCUT2D eigenvalue weighted by atomic mass is 10.2. The van der Waals surface area contributed by atoms with Crippen molar-refractivity contribution in [3.63, 3.8) is 0 Å². The molecule has 0 radical (unpaired) electrons. The zero-order valence-electron chi connectivity index (χ0n) is 22.4. The van der Waals surface area contributed by atoms with Gasteiger partial charge in [0.05, 0.1) is 31.6 Å². The number of hydrogen-bond acceptors (Lipinski definition) is 11. The minimum Gasteiger partial charge on any atom is -0.755 e. The number of para-hydroxylation sites is 2. The molecule has 40 heavy (non-hydrogen) atoms. The van der Waals surface area contributed by atoms with Crippen molar-refractivity contribution in [2.24, 2.45) is 0 Å². The molecule has 0 fully saturated rings. The van der Waals surface area contributed by atoms with Crippen molar-refractivity contribution in [2.45, 2.75) is 26.9 Å². The topological polar surface area (TPSA) is 149 Å². The molecule has 0 N–H and O–H groups in total. The van der Waals surface area contributed by atoms with Gasteiger partial charge < -0.3 is 23.5 Å². The number of nitrogens with zero attached hydrogens (tertiary/aromatic N) is 5. The molecular formula is C27H26N5O7S-. The van der Waals surface area contributed by atoms with Gasteiger partial charge in [-0.2, -0.15) is 4.98 Å². The van der Waals surface area contributed by atoms with Gasteiger partial charge in [0.2, 0.25) is 5.75 Å². The summed E-state index contributed by atoms with van der Waals surface area (Å²) < 4.78 is 48.4. The van der Waals surface area contributed by atoms with Crippen LogP contribution < -0.4 is 18.5 Å². The second-order valence-corrected chi connectivity index (χ2v) is 9.35. The Labute approximate surface area is 233 Å². The average molecular weight is 565 g/mol. The highest BCUT2D eigenvalue weighted by molar-refractivity contribution is 7.81. The summed E-state index contributed by atoms with van der Waals surface area (Å²) in [7, 11) is 2.83. The number of pyridine rings is 2. The molecular weight excluding hydrogens is 538 g/mol. The maximum atomic E-state index is 12.6. The zero-order valence-corrected chi connectivity index (χ0v) is 23.2. The van der Waals surface area contributed by atoms with Crippen LogP contribution in [0.1, 0.15) is 29.9 Å². The van der Waals surface area contributed by atoms with Crippen molar-refractivity contribution in [1.29, 1.82) is 0 Å². The fourth-order valence-electron chi connectivity index (χ4n) is 3.52. The molecule has 0 bridgehead atoms. The Balaban J connectivity index is 1.94. The van der Waals surface area contributed by atoms with Gasteiger partial charge in [0, 0.05) is 18.0 Å². The van der Waals surface area contributed by atoms with Crippen molar-refractivity contribution in [3.8, 4) is 34.5 Å². The van der Waals surface area contributed by atoms with E-state index in [4.69, 9.17) is 18.9 Å². The minimum atomic E-state index is -2.90. The molecule has 3 aromatic heterocycles. The number of aromatic nitrogens is 4. The average Bonchev–Trinajstić information content (AvgIpc) is 2.94. The lowest BCUT2D eigenvalue weighted by Gasteiger charge is -2.27. The van der Waals surface area contributed by atoms with Gasteiger partial charge in [-0.3, -0.25) is 4.21 Å². The molecule has 12 nitrogen and oxygen atoms in total. The van der Waals surface area contributed by atoms with Crippen molar-refractivity contribution < 1.29 is 32.5 Å². The van der Waals surface area contributed by atoms with Crippen LogP contribution in [0, 0.1) is 6.92 Å². The molecule has 1 aromatic carbocycles. The summed E-state index contributed by atoms with van der Waals surface area (Å²) >= 11 is -2.90. The van der Waals surface area contributed by atoms with Crippen LogP contribution in [0.5, 0.6) is 23.1 Å².